The molecule has 3 aliphatic rings. The standard InChI is InChI=1S/C15H26N2/c1-2-4-15(5-3-1)17-10-8-13(9-11-17)12-16-14-6-7-14/h2,4,13-16H,1,3,5-12H2. The highest BCUT2D eigenvalue weighted by Gasteiger charge is 2.26. The van der Waals surface area contributed by atoms with Crippen LogP contribution in [-0.2, 0) is 0 Å². The van der Waals surface area contributed by atoms with Crippen molar-refractivity contribution in [2.24, 2.45) is 5.92 Å². The van der Waals surface area contributed by atoms with E-state index < -0.39 is 0 Å². The molecule has 17 heavy (non-hydrogen) atoms. The van der Waals surface area contributed by atoms with Crippen LogP contribution >= 0.6 is 0 Å². The molecule has 0 aromatic heterocycles. The molecular formula is C15H26N2. The quantitative estimate of drug-likeness (QED) is 0.752. The highest BCUT2D eigenvalue weighted by Crippen LogP contribution is 2.25. The Morgan fingerprint density at radius 2 is 1.88 bits per heavy atom. The molecule has 0 amide bonds. The second-order valence-electron chi connectivity index (χ2n) is 6.09. The van der Waals surface area contributed by atoms with Crippen LogP contribution in [0.1, 0.15) is 44.9 Å². The van der Waals surface area contributed by atoms with Crippen molar-refractivity contribution in [2.45, 2.75) is 57.0 Å². The molecule has 0 aromatic rings. The van der Waals surface area contributed by atoms with Crippen molar-refractivity contribution in [1.82, 2.24) is 10.2 Å². The first-order valence-electron chi connectivity index (χ1n) is 7.56. The molecule has 1 saturated carbocycles. The number of nitrogens with zero attached hydrogens (tertiary/aromatic N) is 1. The first-order chi connectivity index (χ1) is 8.42. The maximum absolute atomic E-state index is 3.69. The zero-order chi connectivity index (χ0) is 11.5. The SMILES string of the molecule is C1=CC(N2CCC(CNC3CC3)CC2)CCC1. The minimum Gasteiger partial charge on any atom is -0.314 e. The zero-order valence-electron chi connectivity index (χ0n) is 10.9. The van der Waals surface area contributed by atoms with Crippen LogP contribution < -0.4 is 5.32 Å². The van der Waals surface area contributed by atoms with E-state index in [0.29, 0.717) is 0 Å². The molecule has 2 heteroatoms. The van der Waals surface area contributed by atoms with Gasteiger partial charge in [-0.05, 0) is 70.5 Å². The Morgan fingerprint density at radius 3 is 2.53 bits per heavy atom. The summed E-state index contributed by atoms with van der Waals surface area (Å²) in [6.07, 6.45) is 14.6. The molecule has 1 aliphatic heterocycles. The average Bonchev–Trinajstić information content (AvgIpc) is 3.22. The summed E-state index contributed by atoms with van der Waals surface area (Å²) in [5.41, 5.74) is 0. The smallest absolute Gasteiger partial charge is 0.0278 e. The monoisotopic (exact) mass is 234 g/mol. The van der Waals surface area contributed by atoms with E-state index in [0.717, 1.165) is 18.0 Å². The number of hydrogen-bond acceptors (Lipinski definition) is 2. The summed E-state index contributed by atoms with van der Waals surface area (Å²) in [4.78, 5) is 2.71. The number of piperidine rings is 1. The Balaban J connectivity index is 1.39. The van der Waals surface area contributed by atoms with Crippen molar-refractivity contribution in [3.8, 4) is 0 Å². The van der Waals surface area contributed by atoms with Gasteiger partial charge in [-0.3, -0.25) is 4.90 Å². The number of nitrogens with one attached hydrogen (secondary N) is 1. The Labute approximate surface area is 105 Å². The van der Waals surface area contributed by atoms with Crippen molar-refractivity contribution >= 4 is 0 Å². The minimum atomic E-state index is 0.765. The predicted molar refractivity (Wildman–Crippen MR) is 72.1 cm³/mol. The zero-order valence-corrected chi connectivity index (χ0v) is 10.9. The van der Waals surface area contributed by atoms with Gasteiger partial charge < -0.3 is 5.32 Å². The molecule has 3 rings (SSSR count). The van der Waals surface area contributed by atoms with E-state index in [9.17, 15) is 0 Å². The average molecular weight is 234 g/mol. The van der Waals surface area contributed by atoms with Gasteiger partial charge in [0.25, 0.3) is 0 Å². The van der Waals surface area contributed by atoms with E-state index >= 15 is 0 Å². The molecule has 0 bridgehead atoms. The molecule has 1 saturated heterocycles. The summed E-state index contributed by atoms with van der Waals surface area (Å²) in [7, 11) is 0. The van der Waals surface area contributed by atoms with Crippen LogP contribution in [0.2, 0.25) is 0 Å². The van der Waals surface area contributed by atoms with Gasteiger partial charge in [-0.1, -0.05) is 12.2 Å². The van der Waals surface area contributed by atoms with Crippen molar-refractivity contribution in [2.75, 3.05) is 19.6 Å². The van der Waals surface area contributed by atoms with Crippen LogP contribution in [0.15, 0.2) is 12.2 Å². The van der Waals surface area contributed by atoms with E-state index in [2.05, 4.69) is 22.4 Å². The van der Waals surface area contributed by atoms with Gasteiger partial charge in [-0.15, -0.1) is 0 Å². The van der Waals surface area contributed by atoms with Gasteiger partial charge in [0.2, 0.25) is 0 Å². The molecule has 0 aromatic carbocycles. The third kappa shape index (κ3) is 3.32. The molecule has 0 radical (unpaired) electrons. The van der Waals surface area contributed by atoms with Gasteiger partial charge in [0, 0.05) is 12.1 Å². The lowest BCUT2D eigenvalue weighted by atomic mass is 9.93. The first kappa shape index (κ1) is 11.7. The Bertz CT molecular complexity index is 262. The van der Waals surface area contributed by atoms with Crippen LogP contribution in [0, 0.1) is 5.92 Å². The van der Waals surface area contributed by atoms with Crippen LogP contribution in [0.5, 0.6) is 0 Å². The van der Waals surface area contributed by atoms with Gasteiger partial charge in [-0.25, -0.2) is 0 Å². The molecule has 96 valence electrons. The molecule has 0 spiro atoms. The van der Waals surface area contributed by atoms with Gasteiger partial charge in [-0.2, -0.15) is 0 Å². The van der Waals surface area contributed by atoms with Crippen molar-refractivity contribution in [3.63, 3.8) is 0 Å². The summed E-state index contributed by atoms with van der Waals surface area (Å²) >= 11 is 0. The minimum absolute atomic E-state index is 0.765. The van der Waals surface area contributed by atoms with Crippen molar-refractivity contribution in [1.29, 1.82) is 0 Å². The van der Waals surface area contributed by atoms with E-state index in [-0.39, 0.29) is 0 Å². The fourth-order valence-electron chi connectivity index (χ4n) is 3.21. The molecule has 1 heterocycles. The third-order valence-electron chi connectivity index (χ3n) is 4.62. The third-order valence-corrected chi connectivity index (χ3v) is 4.62. The summed E-state index contributed by atoms with van der Waals surface area (Å²) < 4.78 is 0. The van der Waals surface area contributed by atoms with Crippen LogP contribution in [0.4, 0.5) is 0 Å². The van der Waals surface area contributed by atoms with Crippen LogP contribution in [0.3, 0.4) is 0 Å². The Hall–Kier alpha value is -0.340. The van der Waals surface area contributed by atoms with E-state index in [1.165, 1.54) is 64.6 Å². The van der Waals surface area contributed by atoms with Gasteiger partial charge in [0.05, 0.1) is 0 Å². The number of hydrogen-bond donors (Lipinski definition) is 1. The fraction of sp³-hybridized carbons (Fsp3) is 0.867. The summed E-state index contributed by atoms with van der Waals surface area (Å²) in [6.45, 7) is 3.93. The maximum atomic E-state index is 3.69. The molecule has 2 fully saturated rings. The number of allylic oxidation sites excluding steroid dienone is 1. The highest BCUT2D eigenvalue weighted by atomic mass is 15.2. The normalized spacial score (nSPS) is 31.9. The molecule has 2 aliphatic carbocycles. The lowest BCUT2D eigenvalue weighted by molar-refractivity contribution is 0.144. The largest absolute Gasteiger partial charge is 0.314 e. The van der Waals surface area contributed by atoms with Crippen LogP contribution in [-0.4, -0.2) is 36.6 Å². The van der Waals surface area contributed by atoms with Crippen molar-refractivity contribution < 1.29 is 0 Å². The molecule has 1 unspecified atom stereocenters. The highest BCUT2D eigenvalue weighted by molar-refractivity contribution is 4.99. The molecule has 1 atom stereocenters. The van der Waals surface area contributed by atoms with Gasteiger partial charge >= 0.3 is 0 Å². The molecule has 2 nitrogen and oxygen atoms in total. The molecule has 1 N–H and O–H groups in total. The second-order valence-corrected chi connectivity index (χ2v) is 6.09. The first-order valence-corrected chi connectivity index (χ1v) is 7.56. The number of likely N-dealkylation sites (tertiary alicyclic amines) is 1. The summed E-state index contributed by atoms with van der Waals surface area (Å²) in [5.74, 6) is 0.944. The van der Waals surface area contributed by atoms with E-state index in [1.807, 2.05) is 0 Å². The van der Waals surface area contributed by atoms with Crippen molar-refractivity contribution in [3.05, 3.63) is 12.2 Å². The summed E-state index contributed by atoms with van der Waals surface area (Å²) in [6, 6.07) is 1.65. The maximum Gasteiger partial charge on any atom is 0.0278 e. The topological polar surface area (TPSA) is 15.3 Å². The lowest BCUT2D eigenvalue weighted by Crippen LogP contribution is -2.43. The lowest BCUT2D eigenvalue weighted by Gasteiger charge is -2.37. The fourth-order valence-corrected chi connectivity index (χ4v) is 3.21. The molecular weight excluding hydrogens is 208 g/mol. The second kappa shape index (κ2) is 5.53. The predicted octanol–water partition coefficient (Wildman–Crippen LogP) is 2.56. The van der Waals surface area contributed by atoms with E-state index in [1.54, 1.807) is 0 Å². The van der Waals surface area contributed by atoms with Crippen LogP contribution in [0.25, 0.3) is 0 Å². The van der Waals surface area contributed by atoms with E-state index in [4.69, 9.17) is 0 Å². The Kier molecular flexibility index (Phi) is 3.82. The Morgan fingerprint density at radius 1 is 1.06 bits per heavy atom. The number of rotatable bonds is 4. The van der Waals surface area contributed by atoms with Gasteiger partial charge in [0.1, 0.15) is 0 Å². The van der Waals surface area contributed by atoms with Gasteiger partial charge in [0.15, 0.2) is 0 Å². The summed E-state index contributed by atoms with van der Waals surface area (Å²) in [5, 5.41) is 3.69.